The molecule has 1 atom stereocenters. The number of pyridine rings is 1. The second-order valence-electron chi connectivity index (χ2n) is 5.70. The summed E-state index contributed by atoms with van der Waals surface area (Å²) in [5.41, 5.74) is 9.50. The van der Waals surface area contributed by atoms with E-state index in [2.05, 4.69) is 35.0 Å². The summed E-state index contributed by atoms with van der Waals surface area (Å²) in [6, 6.07) is 8.92. The van der Waals surface area contributed by atoms with Gasteiger partial charge in [-0.1, -0.05) is 13.3 Å². The number of hydrogen-bond donors (Lipinski definition) is 1. The van der Waals surface area contributed by atoms with Gasteiger partial charge < -0.3 is 10.6 Å². The molecule has 106 valence electrons. The zero-order chi connectivity index (χ0) is 13.9. The summed E-state index contributed by atoms with van der Waals surface area (Å²) in [5, 5.41) is 1.07. The lowest BCUT2D eigenvalue weighted by Gasteiger charge is -2.38. The molecule has 3 rings (SSSR count). The van der Waals surface area contributed by atoms with Gasteiger partial charge in [0.05, 0.1) is 16.9 Å². The van der Waals surface area contributed by atoms with E-state index >= 15 is 0 Å². The van der Waals surface area contributed by atoms with Crippen LogP contribution in [-0.4, -0.2) is 17.6 Å². The maximum absolute atomic E-state index is 6.43. The van der Waals surface area contributed by atoms with E-state index in [4.69, 9.17) is 5.73 Å². The van der Waals surface area contributed by atoms with Crippen LogP contribution in [0, 0.1) is 0 Å². The molecule has 1 unspecified atom stereocenters. The van der Waals surface area contributed by atoms with E-state index in [9.17, 15) is 0 Å². The summed E-state index contributed by atoms with van der Waals surface area (Å²) in [6.45, 7) is 3.39. The molecular formula is C17H23N3. The molecule has 20 heavy (non-hydrogen) atoms. The molecule has 3 nitrogen and oxygen atoms in total. The van der Waals surface area contributed by atoms with Crippen molar-refractivity contribution in [2.45, 2.75) is 45.1 Å². The van der Waals surface area contributed by atoms with Gasteiger partial charge in [-0.2, -0.15) is 0 Å². The average Bonchev–Trinajstić information content (AvgIpc) is 2.49. The van der Waals surface area contributed by atoms with Gasteiger partial charge in [0.15, 0.2) is 0 Å². The molecule has 0 amide bonds. The minimum atomic E-state index is 0.644. The van der Waals surface area contributed by atoms with Gasteiger partial charge in [-0.25, -0.2) is 0 Å². The fourth-order valence-electron chi connectivity index (χ4n) is 3.37. The number of rotatable bonds is 3. The summed E-state index contributed by atoms with van der Waals surface area (Å²) >= 11 is 0. The highest BCUT2D eigenvalue weighted by Gasteiger charge is 2.23. The minimum Gasteiger partial charge on any atom is -0.396 e. The lowest BCUT2D eigenvalue weighted by Crippen LogP contribution is -2.39. The Bertz CT molecular complexity index is 592. The van der Waals surface area contributed by atoms with Gasteiger partial charge in [0.25, 0.3) is 0 Å². The maximum atomic E-state index is 6.43. The van der Waals surface area contributed by atoms with Crippen molar-refractivity contribution in [3.63, 3.8) is 0 Å². The Labute approximate surface area is 120 Å². The molecule has 1 aromatic carbocycles. The van der Waals surface area contributed by atoms with Crippen LogP contribution in [0.3, 0.4) is 0 Å². The Morgan fingerprint density at radius 2 is 2.20 bits per heavy atom. The molecule has 0 bridgehead atoms. The second-order valence-corrected chi connectivity index (χ2v) is 5.70. The molecule has 1 fully saturated rings. The third-order valence-electron chi connectivity index (χ3n) is 4.36. The first-order valence-electron chi connectivity index (χ1n) is 7.71. The average molecular weight is 269 g/mol. The molecule has 2 aromatic rings. The molecule has 1 aliphatic rings. The summed E-state index contributed by atoms with van der Waals surface area (Å²) in [4.78, 5) is 6.91. The fourth-order valence-corrected chi connectivity index (χ4v) is 3.37. The van der Waals surface area contributed by atoms with Crippen LogP contribution in [0.25, 0.3) is 10.9 Å². The molecule has 0 spiro atoms. The van der Waals surface area contributed by atoms with Crippen molar-refractivity contribution in [1.82, 2.24) is 4.98 Å². The second kappa shape index (κ2) is 5.70. The number of piperidine rings is 1. The summed E-state index contributed by atoms with van der Waals surface area (Å²) in [6.07, 6.45) is 8.21. The molecule has 3 heteroatoms. The van der Waals surface area contributed by atoms with E-state index in [1.165, 1.54) is 37.8 Å². The van der Waals surface area contributed by atoms with Gasteiger partial charge in [0, 0.05) is 24.2 Å². The number of fused-ring (bicyclic) bond motifs is 1. The monoisotopic (exact) mass is 269 g/mol. The van der Waals surface area contributed by atoms with Gasteiger partial charge in [-0.05, 0) is 49.9 Å². The number of nitrogens with zero attached hydrogens (tertiary/aromatic N) is 2. The third kappa shape index (κ3) is 2.33. The number of hydrogen-bond acceptors (Lipinski definition) is 3. The Morgan fingerprint density at radius 1 is 1.30 bits per heavy atom. The predicted molar refractivity (Wildman–Crippen MR) is 86.0 cm³/mol. The number of aromatic nitrogens is 1. The zero-order valence-electron chi connectivity index (χ0n) is 12.2. The van der Waals surface area contributed by atoms with Crippen LogP contribution < -0.4 is 10.6 Å². The van der Waals surface area contributed by atoms with Gasteiger partial charge in [0.2, 0.25) is 0 Å². The van der Waals surface area contributed by atoms with Crippen molar-refractivity contribution < 1.29 is 0 Å². The summed E-state index contributed by atoms with van der Waals surface area (Å²) in [5.74, 6) is 0. The molecule has 0 saturated carbocycles. The smallest absolute Gasteiger partial charge is 0.0724 e. The predicted octanol–water partition coefficient (Wildman–Crippen LogP) is 3.98. The van der Waals surface area contributed by atoms with Crippen molar-refractivity contribution in [2.75, 3.05) is 17.2 Å². The van der Waals surface area contributed by atoms with Crippen LogP contribution in [0.5, 0.6) is 0 Å². The Morgan fingerprint density at radius 3 is 3.05 bits per heavy atom. The van der Waals surface area contributed by atoms with E-state index in [0.29, 0.717) is 6.04 Å². The Kier molecular flexibility index (Phi) is 3.77. The van der Waals surface area contributed by atoms with E-state index in [1.807, 2.05) is 12.3 Å². The Balaban J connectivity index is 2.01. The van der Waals surface area contributed by atoms with Gasteiger partial charge in [-0.15, -0.1) is 0 Å². The molecule has 0 radical (unpaired) electrons. The zero-order valence-corrected chi connectivity index (χ0v) is 12.2. The number of nitrogens with two attached hydrogens (primary N) is 1. The molecule has 1 aliphatic heterocycles. The van der Waals surface area contributed by atoms with Gasteiger partial charge in [-0.3, -0.25) is 4.98 Å². The van der Waals surface area contributed by atoms with Crippen LogP contribution in [-0.2, 0) is 0 Å². The highest BCUT2D eigenvalue weighted by molar-refractivity contribution is 5.97. The molecule has 1 aromatic heterocycles. The minimum absolute atomic E-state index is 0.644. The molecule has 1 saturated heterocycles. The van der Waals surface area contributed by atoms with Crippen molar-refractivity contribution in [1.29, 1.82) is 0 Å². The van der Waals surface area contributed by atoms with E-state index in [-0.39, 0.29) is 0 Å². The highest BCUT2D eigenvalue weighted by atomic mass is 15.2. The summed E-state index contributed by atoms with van der Waals surface area (Å²) < 4.78 is 0. The van der Waals surface area contributed by atoms with Crippen molar-refractivity contribution in [3.8, 4) is 0 Å². The fraction of sp³-hybridized carbons (Fsp3) is 0.471. The molecule has 0 aliphatic carbocycles. The van der Waals surface area contributed by atoms with Crippen LogP contribution in [0.4, 0.5) is 11.4 Å². The maximum Gasteiger partial charge on any atom is 0.0724 e. The van der Waals surface area contributed by atoms with E-state index < -0.39 is 0 Å². The van der Waals surface area contributed by atoms with Crippen molar-refractivity contribution in [2.24, 2.45) is 0 Å². The van der Waals surface area contributed by atoms with Crippen LogP contribution in [0.1, 0.15) is 39.0 Å². The largest absolute Gasteiger partial charge is 0.396 e. The first-order chi connectivity index (χ1) is 9.81. The molecule has 2 N–H and O–H groups in total. The van der Waals surface area contributed by atoms with Crippen molar-refractivity contribution in [3.05, 3.63) is 30.5 Å². The first-order valence-corrected chi connectivity index (χ1v) is 7.71. The lowest BCUT2D eigenvalue weighted by atomic mass is 9.96. The third-order valence-corrected chi connectivity index (χ3v) is 4.36. The van der Waals surface area contributed by atoms with E-state index in [0.717, 1.165) is 23.1 Å². The normalized spacial score (nSPS) is 19.4. The lowest BCUT2D eigenvalue weighted by molar-refractivity contribution is 0.435. The first kappa shape index (κ1) is 13.2. The van der Waals surface area contributed by atoms with Crippen molar-refractivity contribution >= 4 is 22.3 Å². The highest BCUT2D eigenvalue weighted by Crippen LogP contribution is 2.35. The van der Waals surface area contributed by atoms with E-state index in [1.54, 1.807) is 0 Å². The Hall–Kier alpha value is -1.77. The SMILES string of the molecule is CCCC1CCCCN1c1ccc2ncccc2c1N. The topological polar surface area (TPSA) is 42.2 Å². The quantitative estimate of drug-likeness (QED) is 0.857. The standard InChI is InChI=1S/C17H23N3/c1-2-6-13-7-3-4-12-20(13)16-10-9-15-14(17(16)18)8-5-11-19-15/h5,8-11,13H,2-4,6-7,12,18H2,1H3. The number of nitrogen functional groups attached to an aromatic ring is 1. The molecular weight excluding hydrogens is 246 g/mol. The van der Waals surface area contributed by atoms with Gasteiger partial charge >= 0.3 is 0 Å². The van der Waals surface area contributed by atoms with Crippen LogP contribution in [0.2, 0.25) is 0 Å². The van der Waals surface area contributed by atoms with Gasteiger partial charge in [0.1, 0.15) is 0 Å². The summed E-state index contributed by atoms with van der Waals surface area (Å²) in [7, 11) is 0. The molecule has 2 heterocycles. The number of benzene rings is 1. The van der Waals surface area contributed by atoms with Crippen LogP contribution in [0.15, 0.2) is 30.5 Å². The van der Waals surface area contributed by atoms with Crippen LogP contribution >= 0.6 is 0 Å². The number of anilines is 2.